The zero-order valence-corrected chi connectivity index (χ0v) is 14.2. The van der Waals surface area contributed by atoms with E-state index in [1.54, 1.807) is 6.07 Å². The van der Waals surface area contributed by atoms with Crippen LogP contribution < -0.4 is 0 Å². The Morgan fingerprint density at radius 3 is 2.40 bits per heavy atom. The Labute approximate surface area is 131 Å². The molecule has 4 heteroatoms. The van der Waals surface area contributed by atoms with E-state index in [2.05, 4.69) is 37.4 Å². The topological polar surface area (TPSA) is 9.23 Å². The number of halogens is 2. The molecule has 0 heterocycles. The first-order valence-electron chi connectivity index (χ1n) is 6.58. The first kappa shape index (κ1) is 15.6. The summed E-state index contributed by atoms with van der Waals surface area (Å²) in [5.41, 5.74) is 2.27. The molecule has 0 saturated carbocycles. The van der Waals surface area contributed by atoms with Crippen molar-refractivity contribution in [1.29, 1.82) is 0 Å². The third kappa shape index (κ3) is 4.64. The average Bonchev–Trinajstić information content (AvgIpc) is 2.40. The molecule has 0 aromatic heterocycles. The van der Waals surface area contributed by atoms with Gasteiger partial charge in [-0.3, -0.25) is 0 Å². The molecule has 2 rings (SSSR count). The molecule has 0 unspecified atom stereocenters. The Kier molecular flexibility index (Phi) is 5.27. The number of benzene rings is 2. The van der Waals surface area contributed by atoms with Crippen molar-refractivity contribution in [2.24, 2.45) is 0 Å². The summed E-state index contributed by atoms with van der Waals surface area (Å²) in [5.74, 6) is 0. The summed E-state index contributed by atoms with van der Waals surface area (Å²) in [6.45, 7) is 4.96. The van der Waals surface area contributed by atoms with Gasteiger partial charge >= 0.3 is 0 Å². The lowest BCUT2D eigenvalue weighted by Gasteiger charge is -2.23. The van der Waals surface area contributed by atoms with E-state index in [9.17, 15) is 0 Å². The SMILES string of the molecule is C[Si](C)(Cc1ccccc1)OCc1cc(Cl)ccc1Cl. The lowest BCUT2D eigenvalue weighted by Crippen LogP contribution is -2.33. The van der Waals surface area contributed by atoms with Gasteiger partial charge in [0.1, 0.15) is 0 Å². The highest BCUT2D eigenvalue weighted by Gasteiger charge is 2.23. The van der Waals surface area contributed by atoms with Gasteiger partial charge in [0, 0.05) is 10.0 Å². The number of hydrogen-bond acceptors (Lipinski definition) is 1. The summed E-state index contributed by atoms with van der Waals surface area (Å²) in [5, 5.41) is 1.40. The van der Waals surface area contributed by atoms with Crippen molar-refractivity contribution in [2.45, 2.75) is 25.7 Å². The van der Waals surface area contributed by atoms with Crippen LogP contribution in [-0.2, 0) is 17.1 Å². The number of rotatable bonds is 5. The lowest BCUT2D eigenvalue weighted by molar-refractivity contribution is 0.294. The van der Waals surface area contributed by atoms with Crippen molar-refractivity contribution in [3.05, 3.63) is 69.7 Å². The van der Waals surface area contributed by atoms with Gasteiger partial charge in [-0.25, -0.2) is 0 Å². The maximum atomic E-state index is 6.16. The summed E-state index contributed by atoms with van der Waals surface area (Å²) in [4.78, 5) is 0. The average molecular weight is 325 g/mol. The van der Waals surface area contributed by atoms with Crippen LogP contribution in [0.15, 0.2) is 48.5 Å². The summed E-state index contributed by atoms with van der Waals surface area (Å²) in [6.07, 6.45) is 0. The smallest absolute Gasteiger partial charge is 0.191 e. The molecule has 2 aromatic carbocycles. The van der Waals surface area contributed by atoms with Gasteiger partial charge in [0.05, 0.1) is 6.61 Å². The Balaban J connectivity index is 2.00. The van der Waals surface area contributed by atoms with E-state index in [-0.39, 0.29) is 0 Å². The third-order valence-electron chi connectivity index (χ3n) is 3.10. The first-order valence-corrected chi connectivity index (χ1v) is 10.5. The fourth-order valence-electron chi connectivity index (χ4n) is 2.07. The lowest BCUT2D eigenvalue weighted by atomic mass is 10.2. The van der Waals surface area contributed by atoms with Crippen LogP contribution in [0.5, 0.6) is 0 Å². The monoisotopic (exact) mass is 324 g/mol. The van der Waals surface area contributed by atoms with E-state index in [1.165, 1.54) is 5.56 Å². The second kappa shape index (κ2) is 6.77. The fourth-order valence-corrected chi connectivity index (χ4v) is 4.30. The van der Waals surface area contributed by atoms with E-state index in [1.807, 2.05) is 18.2 Å². The Morgan fingerprint density at radius 1 is 1.00 bits per heavy atom. The Hall–Kier alpha value is -0.803. The van der Waals surface area contributed by atoms with E-state index < -0.39 is 8.32 Å². The van der Waals surface area contributed by atoms with Crippen LogP contribution in [0.25, 0.3) is 0 Å². The zero-order chi connectivity index (χ0) is 14.6. The molecule has 0 N–H and O–H groups in total. The van der Waals surface area contributed by atoms with Gasteiger partial charge in [-0.2, -0.15) is 0 Å². The molecule has 0 spiro atoms. The highest BCUT2D eigenvalue weighted by Crippen LogP contribution is 2.23. The molecule has 0 aliphatic rings. The van der Waals surface area contributed by atoms with E-state index in [4.69, 9.17) is 27.6 Å². The minimum absolute atomic E-state index is 0.519. The van der Waals surface area contributed by atoms with Gasteiger partial charge in [-0.15, -0.1) is 0 Å². The van der Waals surface area contributed by atoms with Crippen LogP contribution in [-0.4, -0.2) is 8.32 Å². The fraction of sp³-hybridized carbons (Fsp3) is 0.250. The van der Waals surface area contributed by atoms with Crippen LogP contribution in [0, 0.1) is 0 Å². The minimum Gasteiger partial charge on any atom is -0.413 e. The number of hydrogen-bond donors (Lipinski definition) is 0. The predicted molar refractivity (Wildman–Crippen MR) is 88.9 cm³/mol. The van der Waals surface area contributed by atoms with E-state index in [0.29, 0.717) is 16.7 Å². The molecule has 0 amide bonds. The summed E-state index contributed by atoms with van der Waals surface area (Å²) in [6, 6.07) is 16.9. The molecule has 106 valence electrons. The third-order valence-corrected chi connectivity index (χ3v) is 5.89. The van der Waals surface area contributed by atoms with Gasteiger partial charge in [0.15, 0.2) is 8.32 Å². The molecule has 0 bridgehead atoms. The predicted octanol–water partition coefficient (Wildman–Crippen LogP) is 5.50. The van der Waals surface area contributed by atoms with Crippen LogP contribution >= 0.6 is 23.2 Å². The molecule has 20 heavy (non-hydrogen) atoms. The van der Waals surface area contributed by atoms with E-state index in [0.717, 1.165) is 11.6 Å². The molecule has 0 saturated heterocycles. The highest BCUT2D eigenvalue weighted by molar-refractivity contribution is 6.70. The van der Waals surface area contributed by atoms with Gasteiger partial charge in [0.2, 0.25) is 0 Å². The van der Waals surface area contributed by atoms with Crippen molar-refractivity contribution in [3.63, 3.8) is 0 Å². The molecule has 0 fully saturated rings. The molecular weight excluding hydrogens is 307 g/mol. The Morgan fingerprint density at radius 2 is 1.70 bits per heavy atom. The van der Waals surface area contributed by atoms with Crippen molar-refractivity contribution in [3.8, 4) is 0 Å². The minimum atomic E-state index is -1.77. The maximum Gasteiger partial charge on any atom is 0.191 e. The van der Waals surface area contributed by atoms with Crippen molar-refractivity contribution < 1.29 is 4.43 Å². The zero-order valence-electron chi connectivity index (χ0n) is 11.7. The Bertz CT molecular complexity index is 570. The summed E-state index contributed by atoms with van der Waals surface area (Å²) in [7, 11) is -1.77. The van der Waals surface area contributed by atoms with Crippen molar-refractivity contribution in [2.75, 3.05) is 0 Å². The highest BCUT2D eigenvalue weighted by atomic mass is 35.5. The molecular formula is C16H18Cl2OSi. The van der Waals surface area contributed by atoms with Crippen molar-refractivity contribution >= 4 is 31.5 Å². The second-order valence-electron chi connectivity index (χ2n) is 5.45. The summed E-state index contributed by atoms with van der Waals surface area (Å²) >= 11 is 12.2. The molecule has 1 nitrogen and oxygen atoms in total. The van der Waals surface area contributed by atoms with Gasteiger partial charge < -0.3 is 4.43 Å². The second-order valence-corrected chi connectivity index (χ2v) is 10.5. The molecule has 2 aromatic rings. The molecule has 0 aliphatic heterocycles. The van der Waals surface area contributed by atoms with Crippen LogP contribution in [0.1, 0.15) is 11.1 Å². The normalized spacial score (nSPS) is 11.6. The molecule has 0 radical (unpaired) electrons. The molecule has 0 aliphatic carbocycles. The van der Waals surface area contributed by atoms with Crippen LogP contribution in [0.3, 0.4) is 0 Å². The van der Waals surface area contributed by atoms with Crippen molar-refractivity contribution in [1.82, 2.24) is 0 Å². The van der Waals surface area contributed by atoms with Gasteiger partial charge in [0.25, 0.3) is 0 Å². The summed E-state index contributed by atoms with van der Waals surface area (Å²) < 4.78 is 6.15. The maximum absolute atomic E-state index is 6.16. The largest absolute Gasteiger partial charge is 0.413 e. The van der Waals surface area contributed by atoms with Crippen LogP contribution in [0.2, 0.25) is 23.1 Å². The van der Waals surface area contributed by atoms with E-state index >= 15 is 0 Å². The van der Waals surface area contributed by atoms with Gasteiger partial charge in [-0.1, -0.05) is 53.5 Å². The van der Waals surface area contributed by atoms with Crippen LogP contribution in [0.4, 0.5) is 0 Å². The first-order chi connectivity index (χ1) is 9.46. The molecule has 0 atom stereocenters. The standard InChI is InChI=1S/C16H18Cl2OSi/c1-20(2,12-13-6-4-3-5-7-13)19-11-14-10-15(17)8-9-16(14)18/h3-10H,11-12H2,1-2H3. The quantitative estimate of drug-likeness (QED) is 0.660. The van der Waals surface area contributed by atoms with Gasteiger partial charge in [-0.05, 0) is 48.5 Å².